The second kappa shape index (κ2) is 5.66. The normalized spacial score (nSPS) is 20.2. The molecular weight excluding hydrogens is 319 g/mol. The fourth-order valence-electron chi connectivity index (χ4n) is 2.46. The van der Waals surface area contributed by atoms with Crippen molar-refractivity contribution in [3.8, 4) is 0 Å². The zero-order valence-corrected chi connectivity index (χ0v) is 13.3. The predicted octanol–water partition coefficient (Wildman–Crippen LogP) is 3.89. The number of hydrogen-bond acceptors (Lipinski definition) is 3. The van der Waals surface area contributed by atoms with Gasteiger partial charge in [0.25, 0.3) is 0 Å². The molecule has 1 amide bonds. The van der Waals surface area contributed by atoms with Gasteiger partial charge in [0, 0.05) is 30.0 Å². The van der Waals surface area contributed by atoms with Crippen LogP contribution in [0.3, 0.4) is 0 Å². The molecule has 0 saturated heterocycles. The lowest BCUT2D eigenvalue weighted by molar-refractivity contribution is -0.146. The van der Waals surface area contributed by atoms with Crippen LogP contribution in [-0.4, -0.2) is 16.8 Å². The third-order valence-electron chi connectivity index (χ3n) is 3.66. The van der Waals surface area contributed by atoms with E-state index < -0.39 is 5.72 Å². The molecule has 0 radical (unpaired) electrons. The first kappa shape index (κ1) is 15.5. The van der Waals surface area contributed by atoms with Gasteiger partial charge in [-0.05, 0) is 36.4 Å². The van der Waals surface area contributed by atoms with Gasteiger partial charge in [-0.1, -0.05) is 23.7 Å². The van der Waals surface area contributed by atoms with Gasteiger partial charge in [0.15, 0.2) is 0 Å². The Morgan fingerprint density at radius 3 is 2.35 bits per heavy atom. The van der Waals surface area contributed by atoms with Gasteiger partial charge in [0.1, 0.15) is 5.82 Å². The number of ether oxygens (including phenoxy) is 1. The van der Waals surface area contributed by atoms with Gasteiger partial charge in [-0.25, -0.2) is 4.39 Å². The maximum atomic E-state index is 13.2. The van der Waals surface area contributed by atoms with Gasteiger partial charge in [-0.3, -0.25) is 4.79 Å². The van der Waals surface area contributed by atoms with Crippen molar-refractivity contribution in [3.63, 3.8) is 0 Å². The van der Waals surface area contributed by atoms with E-state index in [0.29, 0.717) is 22.0 Å². The minimum atomic E-state index is -1.13. The number of hydrogen-bond donors (Lipinski definition) is 0. The zero-order chi connectivity index (χ0) is 16.6. The van der Waals surface area contributed by atoms with E-state index in [0.717, 1.165) is 0 Å². The molecule has 0 saturated carbocycles. The number of rotatable bonds is 2. The smallest absolute Gasteiger partial charge is 0.243 e. The average molecular weight is 333 g/mol. The molecule has 2 aromatic carbocycles. The lowest BCUT2D eigenvalue weighted by Crippen LogP contribution is -2.41. The van der Waals surface area contributed by atoms with Crippen LogP contribution in [0.25, 0.3) is 0 Å². The van der Waals surface area contributed by atoms with Crippen molar-refractivity contribution in [1.82, 2.24) is 5.01 Å². The largest absolute Gasteiger partial charge is 0.443 e. The summed E-state index contributed by atoms with van der Waals surface area (Å²) >= 11 is 5.88. The summed E-state index contributed by atoms with van der Waals surface area (Å²) in [7, 11) is 0. The highest BCUT2D eigenvalue weighted by molar-refractivity contribution is 6.30. The molecule has 118 valence electrons. The Balaban J connectivity index is 2.01. The highest BCUT2D eigenvalue weighted by atomic mass is 35.5. The monoisotopic (exact) mass is 332 g/mol. The highest BCUT2D eigenvalue weighted by Crippen LogP contribution is 2.36. The molecule has 0 aliphatic carbocycles. The van der Waals surface area contributed by atoms with Crippen molar-refractivity contribution in [2.75, 3.05) is 0 Å². The van der Waals surface area contributed by atoms with E-state index in [1.165, 1.54) is 24.1 Å². The van der Waals surface area contributed by atoms with Crippen molar-refractivity contribution < 1.29 is 13.9 Å². The lowest BCUT2D eigenvalue weighted by atomic mass is 10.0. The second-order valence-corrected chi connectivity index (χ2v) is 5.77. The second-order valence-electron chi connectivity index (χ2n) is 5.33. The fourth-order valence-corrected chi connectivity index (χ4v) is 2.58. The van der Waals surface area contributed by atoms with Crippen molar-refractivity contribution in [2.45, 2.75) is 19.6 Å². The first-order valence-corrected chi connectivity index (χ1v) is 7.38. The third-order valence-corrected chi connectivity index (χ3v) is 3.91. The van der Waals surface area contributed by atoms with E-state index in [4.69, 9.17) is 16.3 Å². The fraction of sp³-hybridized carbons (Fsp3) is 0.176. The van der Waals surface area contributed by atoms with Gasteiger partial charge >= 0.3 is 0 Å². The van der Waals surface area contributed by atoms with Crippen LogP contribution in [0.15, 0.2) is 53.6 Å². The SMILES string of the molecule is CC(=O)N1N=C(c2ccc(Cl)cc2)O[C@@]1(C)c1ccc(F)cc1. The Morgan fingerprint density at radius 1 is 1.17 bits per heavy atom. The van der Waals surface area contributed by atoms with Crippen LogP contribution in [0.5, 0.6) is 0 Å². The summed E-state index contributed by atoms with van der Waals surface area (Å²) in [4.78, 5) is 12.0. The van der Waals surface area contributed by atoms with Crippen molar-refractivity contribution in [3.05, 3.63) is 70.5 Å². The third kappa shape index (κ3) is 2.80. The molecule has 4 nitrogen and oxygen atoms in total. The Morgan fingerprint density at radius 2 is 1.78 bits per heavy atom. The summed E-state index contributed by atoms with van der Waals surface area (Å²) in [6, 6.07) is 12.7. The molecule has 2 aromatic rings. The molecule has 0 N–H and O–H groups in total. The van der Waals surface area contributed by atoms with Gasteiger partial charge in [-0.15, -0.1) is 5.10 Å². The number of carbonyl (C=O) groups excluding carboxylic acids is 1. The van der Waals surface area contributed by atoms with Crippen LogP contribution in [-0.2, 0) is 15.3 Å². The molecule has 0 unspecified atom stereocenters. The first-order chi connectivity index (χ1) is 10.9. The number of hydrazone groups is 1. The maximum Gasteiger partial charge on any atom is 0.243 e. The van der Waals surface area contributed by atoms with Crippen LogP contribution in [0.1, 0.15) is 25.0 Å². The minimum absolute atomic E-state index is 0.277. The zero-order valence-electron chi connectivity index (χ0n) is 12.6. The molecule has 6 heteroatoms. The first-order valence-electron chi connectivity index (χ1n) is 7.00. The molecule has 3 rings (SSSR count). The molecule has 1 aliphatic rings. The minimum Gasteiger partial charge on any atom is -0.443 e. The lowest BCUT2D eigenvalue weighted by Gasteiger charge is -2.31. The molecule has 0 fully saturated rings. The van der Waals surface area contributed by atoms with Gasteiger partial charge in [0.05, 0.1) is 0 Å². The topological polar surface area (TPSA) is 41.9 Å². The summed E-state index contributed by atoms with van der Waals surface area (Å²) in [5, 5.41) is 6.13. The van der Waals surface area contributed by atoms with E-state index in [-0.39, 0.29) is 11.7 Å². The molecule has 0 spiro atoms. The summed E-state index contributed by atoms with van der Waals surface area (Å²) in [5.41, 5.74) is 0.197. The van der Waals surface area contributed by atoms with Crippen LogP contribution < -0.4 is 0 Å². The Kier molecular flexibility index (Phi) is 3.82. The van der Waals surface area contributed by atoms with Crippen molar-refractivity contribution in [2.24, 2.45) is 5.10 Å². The van der Waals surface area contributed by atoms with Crippen LogP contribution in [0.4, 0.5) is 4.39 Å². The summed E-state index contributed by atoms with van der Waals surface area (Å²) in [5.74, 6) is -0.326. The summed E-state index contributed by atoms with van der Waals surface area (Å²) < 4.78 is 19.1. The number of benzene rings is 2. The molecule has 23 heavy (non-hydrogen) atoms. The highest BCUT2D eigenvalue weighted by Gasteiger charge is 2.44. The predicted molar refractivity (Wildman–Crippen MR) is 85.3 cm³/mol. The van der Waals surface area contributed by atoms with E-state index >= 15 is 0 Å². The van der Waals surface area contributed by atoms with Crippen LogP contribution in [0, 0.1) is 5.82 Å². The molecule has 1 atom stereocenters. The molecule has 1 heterocycles. The quantitative estimate of drug-likeness (QED) is 0.837. The Labute approximate surface area is 138 Å². The van der Waals surface area contributed by atoms with E-state index in [9.17, 15) is 9.18 Å². The van der Waals surface area contributed by atoms with Gasteiger partial charge in [0.2, 0.25) is 17.5 Å². The average Bonchev–Trinajstić information content (AvgIpc) is 2.88. The van der Waals surface area contributed by atoms with Gasteiger partial charge in [-0.2, -0.15) is 5.01 Å². The summed E-state index contributed by atoms with van der Waals surface area (Å²) in [6.45, 7) is 3.12. The standard InChI is InChI=1S/C17H14ClFN2O2/c1-11(22)21-17(2,13-5-9-15(19)10-6-13)23-16(20-21)12-3-7-14(18)8-4-12/h3-10H,1-2H3/t17-/m0/s1. The van der Waals surface area contributed by atoms with Crippen LogP contribution >= 0.6 is 11.6 Å². The molecular formula is C17H14ClFN2O2. The van der Waals surface area contributed by atoms with E-state index in [1.807, 2.05) is 0 Å². The number of halogens is 2. The van der Waals surface area contributed by atoms with Crippen LogP contribution in [0.2, 0.25) is 5.02 Å². The number of nitrogens with zero attached hydrogens (tertiary/aromatic N) is 2. The van der Waals surface area contributed by atoms with E-state index in [2.05, 4.69) is 5.10 Å². The Hall–Kier alpha value is -2.40. The molecule has 0 bridgehead atoms. The Bertz CT molecular complexity index is 774. The maximum absolute atomic E-state index is 13.2. The molecule has 1 aliphatic heterocycles. The van der Waals surface area contributed by atoms with Crippen molar-refractivity contribution >= 4 is 23.4 Å². The summed E-state index contributed by atoms with van der Waals surface area (Å²) in [6.07, 6.45) is 0. The molecule has 0 aromatic heterocycles. The number of carbonyl (C=O) groups is 1. The van der Waals surface area contributed by atoms with Gasteiger partial charge < -0.3 is 4.74 Å². The number of amides is 1. The van der Waals surface area contributed by atoms with E-state index in [1.54, 1.807) is 43.3 Å². The van der Waals surface area contributed by atoms with Crippen molar-refractivity contribution in [1.29, 1.82) is 0 Å².